The first kappa shape index (κ1) is 19.5. The number of benzene rings is 2. The summed E-state index contributed by atoms with van der Waals surface area (Å²) in [4.78, 5) is 12.6. The first-order valence-electron chi connectivity index (χ1n) is 8.84. The zero-order valence-corrected chi connectivity index (χ0v) is 16.7. The maximum atomic E-state index is 12.6. The monoisotopic (exact) mass is 389 g/mol. The molecule has 1 heterocycles. The molecule has 0 unspecified atom stereocenters. The van der Waals surface area contributed by atoms with Crippen LogP contribution in [-0.4, -0.2) is 10.5 Å². The van der Waals surface area contributed by atoms with Gasteiger partial charge in [0.05, 0.1) is 10.7 Å². The minimum absolute atomic E-state index is 0.0180. The van der Waals surface area contributed by atoms with Gasteiger partial charge in [0.2, 0.25) is 0 Å². The van der Waals surface area contributed by atoms with E-state index in [9.17, 15) is 10.1 Å². The van der Waals surface area contributed by atoms with E-state index in [0.29, 0.717) is 10.7 Å². The van der Waals surface area contributed by atoms with Crippen LogP contribution in [0.4, 0.5) is 5.69 Å². The van der Waals surface area contributed by atoms with Crippen LogP contribution >= 0.6 is 11.6 Å². The molecule has 28 heavy (non-hydrogen) atoms. The van der Waals surface area contributed by atoms with Crippen LogP contribution in [0, 0.1) is 32.1 Å². The molecule has 0 aliphatic heterocycles. The van der Waals surface area contributed by atoms with Crippen LogP contribution in [0.15, 0.2) is 60.2 Å². The molecule has 1 amide bonds. The van der Waals surface area contributed by atoms with Crippen LogP contribution < -0.4 is 5.32 Å². The highest BCUT2D eigenvalue weighted by Gasteiger charge is 2.15. The zero-order valence-electron chi connectivity index (χ0n) is 16.0. The van der Waals surface area contributed by atoms with Gasteiger partial charge in [-0.2, -0.15) is 5.26 Å². The van der Waals surface area contributed by atoms with Gasteiger partial charge in [-0.05, 0) is 68.3 Å². The smallest absolute Gasteiger partial charge is 0.266 e. The molecule has 3 aromatic rings. The van der Waals surface area contributed by atoms with Gasteiger partial charge in [-0.1, -0.05) is 35.9 Å². The summed E-state index contributed by atoms with van der Waals surface area (Å²) in [6, 6.07) is 19.1. The highest BCUT2D eigenvalue weighted by atomic mass is 35.5. The van der Waals surface area contributed by atoms with Crippen molar-refractivity contribution in [3.63, 3.8) is 0 Å². The molecular formula is C23H20ClN3O. The molecule has 0 bridgehead atoms. The van der Waals surface area contributed by atoms with E-state index in [1.54, 1.807) is 30.3 Å². The van der Waals surface area contributed by atoms with E-state index >= 15 is 0 Å². The molecule has 5 heteroatoms. The van der Waals surface area contributed by atoms with Gasteiger partial charge in [0.25, 0.3) is 5.91 Å². The van der Waals surface area contributed by atoms with Crippen LogP contribution in [0.2, 0.25) is 5.02 Å². The number of aromatic nitrogens is 1. The van der Waals surface area contributed by atoms with Crippen molar-refractivity contribution in [1.29, 1.82) is 5.26 Å². The van der Waals surface area contributed by atoms with Crippen LogP contribution in [0.3, 0.4) is 0 Å². The Morgan fingerprint density at radius 2 is 1.86 bits per heavy atom. The Kier molecular flexibility index (Phi) is 5.67. The van der Waals surface area contributed by atoms with Gasteiger partial charge in [0.1, 0.15) is 11.6 Å². The summed E-state index contributed by atoms with van der Waals surface area (Å²) in [6.45, 7) is 6.02. The second-order valence-corrected chi connectivity index (χ2v) is 7.01. The molecule has 0 atom stereocenters. The number of nitrogens with zero attached hydrogens (tertiary/aromatic N) is 2. The summed E-state index contributed by atoms with van der Waals surface area (Å²) < 4.78 is 2.11. The van der Waals surface area contributed by atoms with Crippen molar-refractivity contribution in [3.05, 3.63) is 87.7 Å². The number of carbonyl (C=O) groups is 1. The average Bonchev–Trinajstić information content (AvgIpc) is 2.94. The molecule has 0 radical (unpaired) electrons. The third-order valence-electron chi connectivity index (χ3n) is 4.52. The molecule has 0 saturated heterocycles. The second-order valence-electron chi connectivity index (χ2n) is 6.60. The van der Waals surface area contributed by atoms with Crippen LogP contribution in [0.5, 0.6) is 0 Å². The Hall–Kier alpha value is -3.29. The van der Waals surface area contributed by atoms with E-state index in [1.165, 1.54) is 5.56 Å². The maximum absolute atomic E-state index is 12.6. The number of rotatable bonds is 4. The molecule has 0 aliphatic carbocycles. The normalized spacial score (nSPS) is 11.2. The standard InChI is InChI=1S/C23H20ClN3O/c1-15-7-6-8-20(11-15)27-16(2)12-18(17(27)3)13-19(14-25)23(28)26-22-10-5-4-9-21(22)24/h4-13H,1-3H3,(H,26,28)/b19-13-. The van der Waals surface area contributed by atoms with Gasteiger partial charge >= 0.3 is 0 Å². The van der Waals surface area contributed by atoms with Gasteiger partial charge in [-0.25, -0.2) is 0 Å². The first-order valence-corrected chi connectivity index (χ1v) is 9.22. The highest BCUT2D eigenvalue weighted by molar-refractivity contribution is 6.34. The molecule has 1 N–H and O–H groups in total. The van der Waals surface area contributed by atoms with Crippen LogP contribution in [0.25, 0.3) is 11.8 Å². The quantitative estimate of drug-likeness (QED) is 0.466. The molecule has 4 nitrogen and oxygen atoms in total. The number of nitrogens with one attached hydrogen (secondary N) is 1. The lowest BCUT2D eigenvalue weighted by atomic mass is 10.1. The third-order valence-corrected chi connectivity index (χ3v) is 4.85. The zero-order chi connectivity index (χ0) is 20.3. The predicted octanol–water partition coefficient (Wildman–Crippen LogP) is 5.60. The van der Waals surface area contributed by atoms with Crippen molar-refractivity contribution in [2.24, 2.45) is 0 Å². The van der Waals surface area contributed by atoms with Gasteiger partial charge < -0.3 is 9.88 Å². The Bertz CT molecular complexity index is 1120. The lowest BCUT2D eigenvalue weighted by Crippen LogP contribution is -2.13. The Morgan fingerprint density at radius 3 is 2.54 bits per heavy atom. The van der Waals surface area contributed by atoms with Crippen molar-refractivity contribution < 1.29 is 4.79 Å². The second kappa shape index (κ2) is 8.16. The molecule has 0 spiro atoms. The Balaban J connectivity index is 1.95. The fourth-order valence-electron chi connectivity index (χ4n) is 3.15. The van der Waals surface area contributed by atoms with Crippen molar-refractivity contribution in [2.45, 2.75) is 20.8 Å². The first-order chi connectivity index (χ1) is 13.4. The van der Waals surface area contributed by atoms with E-state index in [1.807, 2.05) is 51.1 Å². The molecule has 0 fully saturated rings. The van der Waals surface area contributed by atoms with Crippen molar-refractivity contribution in [1.82, 2.24) is 4.57 Å². The lowest BCUT2D eigenvalue weighted by molar-refractivity contribution is -0.112. The molecule has 1 aromatic heterocycles. The predicted molar refractivity (Wildman–Crippen MR) is 114 cm³/mol. The van der Waals surface area contributed by atoms with Gasteiger partial charge in [-0.15, -0.1) is 0 Å². The summed E-state index contributed by atoms with van der Waals surface area (Å²) in [5, 5.41) is 12.6. The number of amides is 1. The fourth-order valence-corrected chi connectivity index (χ4v) is 3.34. The highest BCUT2D eigenvalue weighted by Crippen LogP contribution is 2.25. The topological polar surface area (TPSA) is 57.8 Å². The molecule has 0 aliphatic rings. The number of aryl methyl sites for hydroxylation is 2. The van der Waals surface area contributed by atoms with E-state index < -0.39 is 5.91 Å². The van der Waals surface area contributed by atoms with E-state index in [-0.39, 0.29) is 5.57 Å². The Morgan fingerprint density at radius 1 is 1.11 bits per heavy atom. The molecule has 0 saturated carbocycles. The van der Waals surface area contributed by atoms with Gasteiger partial charge in [-0.3, -0.25) is 4.79 Å². The third kappa shape index (κ3) is 4.00. The van der Waals surface area contributed by atoms with E-state index in [2.05, 4.69) is 16.0 Å². The summed E-state index contributed by atoms with van der Waals surface area (Å²) in [5.74, 6) is -0.490. The number of halogens is 1. The van der Waals surface area contributed by atoms with Crippen molar-refractivity contribution in [3.8, 4) is 11.8 Å². The molecular weight excluding hydrogens is 370 g/mol. The number of carbonyl (C=O) groups excluding carboxylic acids is 1. The molecule has 2 aromatic carbocycles. The number of nitriles is 1. The van der Waals surface area contributed by atoms with Crippen molar-refractivity contribution in [2.75, 3.05) is 5.32 Å². The maximum Gasteiger partial charge on any atom is 0.266 e. The number of para-hydroxylation sites is 1. The molecule has 3 rings (SSSR count). The van der Waals surface area contributed by atoms with Crippen LogP contribution in [0.1, 0.15) is 22.5 Å². The van der Waals surface area contributed by atoms with E-state index in [0.717, 1.165) is 22.6 Å². The summed E-state index contributed by atoms with van der Waals surface area (Å²) >= 11 is 6.09. The summed E-state index contributed by atoms with van der Waals surface area (Å²) in [6.07, 6.45) is 1.61. The van der Waals surface area contributed by atoms with Crippen molar-refractivity contribution >= 4 is 29.3 Å². The lowest BCUT2D eigenvalue weighted by Gasteiger charge is -2.10. The molecule has 140 valence electrons. The minimum Gasteiger partial charge on any atom is -0.320 e. The summed E-state index contributed by atoms with van der Waals surface area (Å²) in [7, 11) is 0. The number of hydrogen-bond donors (Lipinski definition) is 1. The van der Waals surface area contributed by atoms with Gasteiger partial charge in [0.15, 0.2) is 0 Å². The van der Waals surface area contributed by atoms with E-state index in [4.69, 9.17) is 11.6 Å². The average molecular weight is 390 g/mol. The largest absolute Gasteiger partial charge is 0.320 e. The fraction of sp³-hybridized carbons (Fsp3) is 0.130. The Labute approximate surface area is 169 Å². The summed E-state index contributed by atoms with van der Waals surface area (Å²) in [5.41, 5.74) is 5.52. The minimum atomic E-state index is -0.490. The van der Waals surface area contributed by atoms with Gasteiger partial charge in [0, 0.05) is 17.1 Å². The SMILES string of the molecule is Cc1cccc(-n2c(C)cc(/C=C(/C#N)C(=O)Nc3ccccc3Cl)c2C)c1. The number of hydrogen-bond acceptors (Lipinski definition) is 2. The van der Waals surface area contributed by atoms with Crippen LogP contribution in [-0.2, 0) is 4.79 Å². The number of anilines is 1.